The minimum Gasteiger partial charge on any atom is -0.445 e. The fourth-order valence-corrected chi connectivity index (χ4v) is 4.62. The molecule has 0 unspecified atom stereocenters. The molecule has 1 spiro atoms. The van der Waals surface area contributed by atoms with Crippen LogP contribution in [0.1, 0.15) is 46.5 Å². The molecule has 4 aliphatic rings. The van der Waals surface area contributed by atoms with Gasteiger partial charge in [-0.2, -0.15) is 0 Å². The number of piperidine rings is 1. The Hall–Kier alpha value is -1.80. The number of amides is 2. The van der Waals surface area contributed by atoms with Crippen molar-refractivity contribution < 1.29 is 28.9 Å². The van der Waals surface area contributed by atoms with Crippen LogP contribution in [0.5, 0.6) is 0 Å². The zero-order chi connectivity index (χ0) is 19.9. The standard InChI is InChI=1S/C19H30N2O6/c1-5-10-25-14(23)20-18-11-17(12-18,13-22)27-19(18)6-8-21(9-7-19)15(24)26-16(2,3)4/h5,22H,1,6-13H2,2-4H3,(H,20,23). The van der Waals surface area contributed by atoms with Gasteiger partial charge < -0.3 is 29.5 Å². The average Bonchev–Trinajstić information content (AvgIpc) is 2.95. The SMILES string of the molecule is C=CCOC(=O)NC12CC(CO)(C1)OC21CCN(C(=O)OC(C)(C)C)CC1. The van der Waals surface area contributed by atoms with Crippen molar-refractivity contribution in [3.63, 3.8) is 0 Å². The number of carbonyl (C=O) groups excluding carboxylic acids is 2. The Bertz CT molecular complexity index is 612. The summed E-state index contributed by atoms with van der Waals surface area (Å²) < 4.78 is 16.9. The highest BCUT2D eigenvalue weighted by Gasteiger charge is 2.75. The first-order valence-electron chi connectivity index (χ1n) is 9.43. The van der Waals surface area contributed by atoms with E-state index in [-0.39, 0.29) is 19.3 Å². The number of ether oxygens (including phenoxy) is 3. The van der Waals surface area contributed by atoms with Gasteiger partial charge in [-0.15, -0.1) is 0 Å². The third-order valence-corrected chi connectivity index (χ3v) is 5.72. The first kappa shape index (κ1) is 19.9. The number of hydrogen-bond acceptors (Lipinski definition) is 6. The normalized spacial score (nSPS) is 31.2. The van der Waals surface area contributed by atoms with Crippen LogP contribution in [0.15, 0.2) is 12.7 Å². The molecule has 8 heteroatoms. The number of carbonyl (C=O) groups is 2. The Kier molecular flexibility index (Phi) is 4.93. The summed E-state index contributed by atoms with van der Waals surface area (Å²) in [6.45, 7) is 10.0. The summed E-state index contributed by atoms with van der Waals surface area (Å²) in [6.07, 6.45) is 2.88. The Morgan fingerprint density at radius 1 is 1.30 bits per heavy atom. The molecule has 1 aliphatic carbocycles. The maximum atomic E-state index is 12.3. The molecule has 0 aromatic heterocycles. The first-order valence-corrected chi connectivity index (χ1v) is 9.43. The molecule has 152 valence electrons. The second-order valence-corrected chi connectivity index (χ2v) is 8.85. The first-order chi connectivity index (χ1) is 12.6. The van der Waals surface area contributed by atoms with Crippen LogP contribution in [0.4, 0.5) is 9.59 Å². The number of hydrogen-bond donors (Lipinski definition) is 2. The minimum absolute atomic E-state index is 0.0876. The van der Waals surface area contributed by atoms with E-state index >= 15 is 0 Å². The van der Waals surface area contributed by atoms with Gasteiger partial charge in [-0.3, -0.25) is 0 Å². The molecule has 4 rings (SSSR count). The number of nitrogens with one attached hydrogen (secondary N) is 1. The van der Waals surface area contributed by atoms with Gasteiger partial charge in [0.25, 0.3) is 0 Å². The van der Waals surface area contributed by atoms with Gasteiger partial charge in [0, 0.05) is 25.9 Å². The monoisotopic (exact) mass is 382 g/mol. The highest BCUT2D eigenvalue weighted by atomic mass is 16.6. The predicted octanol–water partition coefficient (Wildman–Crippen LogP) is 1.96. The van der Waals surface area contributed by atoms with Crippen molar-refractivity contribution in [2.24, 2.45) is 0 Å². The van der Waals surface area contributed by atoms with E-state index in [2.05, 4.69) is 11.9 Å². The van der Waals surface area contributed by atoms with Crippen LogP contribution in [-0.2, 0) is 14.2 Å². The molecule has 0 radical (unpaired) electrons. The molecule has 3 heterocycles. The number of rotatable bonds is 4. The van der Waals surface area contributed by atoms with Crippen LogP contribution in [0.2, 0.25) is 0 Å². The maximum Gasteiger partial charge on any atom is 0.410 e. The van der Waals surface area contributed by atoms with Gasteiger partial charge in [0.2, 0.25) is 0 Å². The maximum absolute atomic E-state index is 12.3. The summed E-state index contributed by atoms with van der Waals surface area (Å²) in [6, 6.07) is 0. The quantitative estimate of drug-likeness (QED) is 0.722. The number of likely N-dealkylation sites (tertiary alicyclic amines) is 1. The lowest BCUT2D eigenvalue weighted by atomic mass is 9.60. The summed E-state index contributed by atoms with van der Waals surface area (Å²) in [5.74, 6) is 0. The molecular weight excluding hydrogens is 352 g/mol. The third-order valence-electron chi connectivity index (χ3n) is 5.72. The van der Waals surface area contributed by atoms with E-state index in [9.17, 15) is 14.7 Å². The lowest BCUT2D eigenvalue weighted by molar-refractivity contribution is -0.114. The summed E-state index contributed by atoms with van der Waals surface area (Å²) >= 11 is 0. The molecule has 3 aliphatic heterocycles. The molecule has 4 fully saturated rings. The van der Waals surface area contributed by atoms with Crippen LogP contribution in [-0.4, -0.2) is 70.8 Å². The van der Waals surface area contributed by atoms with Crippen LogP contribution in [0, 0.1) is 0 Å². The zero-order valence-corrected chi connectivity index (χ0v) is 16.4. The molecule has 2 bridgehead atoms. The van der Waals surface area contributed by atoms with Crippen molar-refractivity contribution in [3.05, 3.63) is 12.7 Å². The van der Waals surface area contributed by atoms with E-state index in [4.69, 9.17) is 14.2 Å². The van der Waals surface area contributed by atoms with Gasteiger partial charge in [0.05, 0.1) is 23.3 Å². The van der Waals surface area contributed by atoms with Crippen molar-refractivity contribution in [1.29, 1.82) is 0 Å². The average molecular weight is 382 g/mol. The Balaban J connectivity index is 1.68. The van der Waals surface area contributed by atoms with Crippen molar-refractivity contribution in [1.82, 2.24) is 10.2 Å². The summed E-state index contributed by atoms with van der Waals surface area (Å²) in [4.78, 5) is 26.2. The van der Waals surface area contributed by atoms with Crippen LogP contribution in [0.25, 0.3) is 0 Å². The number of nitrogens with zero attached hydrogens (tertiary/aromatic N) is 1. The molecule has 0 aromatic rings. The zero-order valence-electron chi connectivity index (χ0n) is 16.4. The minimum atomic E-state index is -0.611. The van der Waals surface area contributed by atoms with Crippen molar-refractivity contribution in [2.75, 3.05) is 26.3 Å². The van der Waals surface area contributed by atoms with Gasteiger partial charge in [0.1, 0.15) is 12.2 Å². The Morgan fingerprint density at radius 2 is 1.93 bits per heavy atom. The van der Waals surface area contributed by atoms with Gasteiger partial charge in [0.15, 0.2) is 0 Å². The van der Waals surface area contributed by atoms with Crippen molar-refractivity contribution in [3.8, 4) is 0 Å². The van der Waals surface area contributed by atoms with Gasteiger partial charge >= 0.3 is 12.2 Å². The second-order valence-electron chi connectivity index (χ2n) is 8.85. The molecule has 0 atom stereocenters. The van der Waals surface area contributed by atoms with E-state index in [1.165, 1.54) is 6.08 Å². The van der Waals surface area contributed by atoms with Crippen LogP contribution in [0.3, 0.4) is 0 Å². The van der Waals surface area contributed by atoms with Gasteiger partial charge in [-0.05, 0) is 33.6 Å². The molecule has 27 heavy (non-hydrogen) atoms. The van der Waals surface area contributed by atoms with Gasteiger partial charge in [-0.1, -0.05) is 12.7 Å². The molecule has 3 saturated heterocycles. The van der Waals surface area contributed by atoms with Crippen molar-refractivity contribution in [2.45, 2.75) is 68.8 Å². The number of aliphatic hydroxyl groups excluding tert-OH is 1. The smallest absolute Gasteiger partial charge is 0.410 e. The Morgan fingerprint density at radius 3 is 2.44 bits per heavy atom. The van der Waals surface area contributed by atoms with Gasteiger partial charge in [-0.25, -0.2) is 9.59 Å². The van der Waals surface area contributed by atoms with Crippen molar-refractivity contribution >= 4 is 12.2 Å². The fraction of sp³-hybridized carbons (Fsp3) is 0.789. The molecule has 2 amide bonds. The molecule has 8 nitrogen and oxygen atoms in total. The number of alkyl carbamates (subject to hydrolysis) is 1. The Labute approximate surface area is 159 Å². The van der Waals surface area contributed by atoms with E-state index in [1.807, 2.05) is 20.8 Å². The highest BCUT2D eigenvalue weighted by molar-refractivity contribution is 5.70. The summed E-state index contributed by atoms with van der Waals surface area (Å²) in [5, 5.41) is 12.7. The topological polar surface area (TPSA) is 97.3 Å². The predicted molar refractivity (Wildman–Crippen MR) is 97.3 cm³/mol. The molecule has 0 aromatic carbocycles. The molecule has 2 N–H and O–H groups in total. The van der Waals surface area contributed by atoms with E-state index in [0.29, 0.717) is 38.8 Å². The lowest BCUT2D eigenvalue weighted by Crippen LogP contribution is -2.68. The summed E-state index contributed by atoms with van der Waals surface area (Å²) in [7, 11) is 0. The van der Waals surface area contributed by atoms with E-state index < -0.39 is 28.4 Å². The van der Waals surface area contributed by atoms with E-state index in [0.717, 1.165) is 0 Å². The lowest BCUT2D eigenvalue weighted by Gasteiger charge is -2.50. The second kappa shape index (κ2) is 6.67. The fourth-order valence-electron chi connectivity index (χ4n) is 4.62. The molecule has 1 saturated carbocycles. The van der Waals surface area contributed by atoms with Crippen LogP contribution >= 0.6 is 0 Å². The summed E-state index contributed by atoms with van der Waals surface area (Å²) in [5.41, 5.74) is -2.34. The largest absolute Gasteiger partial charge is 0.445 e. The van der Waals surface area contributed by atoms with Crippen LogP contribution < -0.4 is 5.32 Å². The third kappa shape index (κ3) is 3.52. The highest BCUT2D eigenvalue weighted by Crippen LogP contribution is 2.63. The molecular formula is C19H30N2O6. The van der Waals surface area contributed by atoms with E-state index in [1.54, 1.807) is 4.90 Å². The number of aliphatic hydroxyl groups is 1.